The highest BCUT2D eigenvalue weighted by Crippen LogP contribution is 2.61. The molecule has 3 aliphatic carbocycles. The molecule has 3 atom stereocenters. The van der Waals surface area contributed by atoms with Crippen molar-refractivity contribution in [3.63, 3.8) is 0 Å². The first-order chi connectivity index (χ1) is 15.4. The highest BCUT2D eigenvalue weighted by molar-refractivity contribution is 5.92. The van der Waals surface area contributed by atoms with E-state index in [9.17, 15) is 4.79 Å². The normalized spacial score (nSPS) is 23.4. The van der Waals surface area contributed by atoms with E-state index in [0.29, 0.717) is 22.6 Å². The summed E-state index contributed by atoms with van der Waals surface area (Å²) in [5.41, 5.74) is 2.74. The maximum Gasteiger partial charge on any atom is 0.269 e. The summed E-state index contributed by atoms with van der Waals surface area (Å²) in [6.07, 6.45) is 5.63. The molecule has 2 heterocycles. The SMILES string of the molecule is CNC(=O)c1cc(Oc2ccc3c(c2)nc(NCC2CCC4CC2C4(C)C)n3C)ccn1. The fourth-order valence-corrected chi connectivity index (χ4v) is 5.69. The Morgan fingerprint density at radius 2 is 2.03 bits per heavy atom. The number of carbonyl (C=O) groups is 1. The van der Waals surface area contributed by atoms with Crippen LogP contribution in [0.15, 0.2) is 36.5 Å². The molecule has 0 radical (unpaired) electrons. The smallest absolute Gasteiger partial charge is 0.269 e. The molecule has 3 fully saturated rings. The van der Waals surface area contributed by atoms with Crippen molar-refractivity contribution in [2.45, 2.75) is 33.1 Å². The van der Waals surface area contributed by atoms with Gasteiger partial charge in [-0.3, -0.25) is 9.78 Å². The monoisotopic (exact) mass is 433 g/mol. The first-order valence-electron chi connectivity index (χ1n) is 11.4. The number of aryl methyl sites for hydroxylation is 1. The van der Waals surface area contributed by atoms with Crippen molar-refractivity contribution in [3.8, 4) is 11.5 Å². The van der Waals surface area contributed by atoms with Gasteiger partial charge in [-0.1, -0.05) is 13.8 Å². The number of hydrogen-bond donors (Lipinski definition) is 2. The first-order valence-corrected chi connectivity index (χ1v) is 11.4. The topological polar surface area (TPSA) is 81.1 Å². The number of carbonyl (C=O) groups excluding carboxylic acids is 1. The molecule has 3 aromatic rings. The van der Waals surface area contributed by atoms with Crippen LogP contribution < -0.4 is 15.4 Å². The van der Waals surface area contributed by atoms with E-state index in [1.807, 2.05) is 25.2 Å². The molecular formula is C25H31N5O2. The lowest BCUT2D eigenvalue weighted by molar-refractivity contribution is -0.100. The fraction of sp³-hybridized carbons (Fsp3) is 0.480. The van der Waals surface area contributed by atoms with Crippen molar-refractivity contribution in [3.05, 3.63) is 42.2 Å². The molecule has 2 N–H and O–H groups in total. The van der Waals surface area contributed by atoms with Crippen molar-refractivity contribution in [1.82, 2.24) is 19.9 Å². The molecule has 6 rings (SSSR count). The highest BCUT2D eigenvalue weighted by atomic mass is 16.5. The number of fused-ring (bicyclic) bond motifs is 3. The van der Waals surface area contributed by atoms with Gasteiger partial charge in [0.15, 0.2) is 0 Å². The largest absolute Gasteiger partial charge is 0.457 e. The minimum atomic E-state index is -0.245. The Labute approximate surface area is 188 Å². The summed E-state index contributed by atoms with van der Waals surface area (Å²) in [5.74, 6) is 4.34. The van der Waals surface area contributed by atoms with Gasteiger partial charge in [0.25, 0.3) is 5.91 Å². The zero-order valence-electron chi connectivity index (χ0n) is 19.2. The number of rotatable bonds is 6. The Kier molecular flexibility index (Phi) is 5.07. The summed E-state index contributed by atoms with van der Waals surface area (Å²) >= 11 is 0. The molecule has 2 aromatic heterocycles. The molecule has 3 saturated carbocycles. The van der Waals surface area contributed by atoms with Crippen LogP contribution in [0, 0.1) is 23.2 Å². The zero-order valence-corrected chi connectivity index (χ0v) is 19.2. The second-order valence-corrected chi connectivity index (χ2v) is 9.78. The summed E-state index contributed by atoms with van der Waals surface area (Å²) in [7, 11) is 3.62. The van der Waals surface area contributed by atoms with Gasteiger partial charge >= 0.3 is 0 Å². The Bertz CT molecular complexity index is 1170. The standard InChI is InChI=1S/C25H31N5O2/c1-25(2)16-6-5-15(19(25)11-16)14-28-24-29-20-12-17(7-8-22(20)30(24)4)32-18-9-10-27-21(13-18)23(31)26-3/h7-10,12-13,15-16,19H,5-6,11,14H2,1-4H3,(H,26,31)(H,28,29). The molecule has 0 aliphatic heterocycles. The number of ether oxygens (including phenoxy) is 1. The predicted molar refractivity (Wildman–Crippen MR) is 125 cm³/mol. The van der Waals surface area contributed by atoms with Crippen LogP contribution in [0.2, 0.25) is 0 Å². The molecule has 32 heavy (non-hydrogen) atoms. The van der Waals surface area contributed by atoms with Crippen LogP contribution in [0.3, 0.4) is 0 Å². The van der Waals surface area contributed by atoms with E-state index in [0.717, 1.165) is 41.3 Å². The van der Waals surface area contributed by atoms with Gasteiger partial charge in [-0.25, -0.2) is 4.98 Å². The number of nitrogens with one attached hydrogen (secondary N) is 2. The highest BCUT2D eigenvalue weighted by Gasteiger charge is 2.53. The van der Waals surface area contributed by atoms with Gasteiger partial charge in [-0.05, 0) is 60.6 Å². The fourth-order valence-electron chi connectivity index (χ4n) is 5.69. The van der Waals surface area contributed by atoms with Gasteiger partial charge in [0.2, 0.25) is 5.95 Å². The summed E-state index contributed by atoms with van der Waals surface area (Å²) in [5, 5.41) is 6.19. The van der Waals surface area contributed by atoms with Crippen molar-refractivity contribution in [2.75, 3.05) is 18.9 Å². The number of pyridine rings is 1. The lowest BCUT2D eigenvalue weighted by Gasteiger charge is -2.60. The Balaban J connectivity index is 1.31. The van der Waals surface area contributed by atoms with E-state index >= 15 is 0 Å². The van der Waals surface area contributed by atoms with Crippen LogP contribution in [0.1, 0.15) is 43.6 Å². The lowest BCUT2D eigenvalue weighted by atomic mass is 9.45. The molecule has 0 saturated heterocycles. The minimum Gasteiger partial charge on any atom is -0.457 e. The van der Waals surface area contributed by atoms with Crippen molar-refractivity contribution in [2.24, 2.45) is 30.2 Å². The van der Waals surface area contributed by atoms with Crippen LogP contribution in [-0.2, 0) is 7.05 Å². The number of imidazole rings is 1. The average molecular weight is 434 g/mol. The van der Waals surface area contributed by atoms with Crippen LogP contribution in [0.5, 0.6) is 11.5 Å². The Hall–Kier alpha value is -3.09. The Morgan fingerprint density at radius 1 is 1.22 bits per heavy atom. The molecule has 7 nitrogen and oxygen atoms in total. The second kappa shape index (κ2) is 7.80. The predicted octanol–water partition coefficient (Wildman–Crippen LogP) is 4.60. The van der Waals surface area contributed by atoms with Gasteiger partial charge in [0.05, 0.1) is 11.0 Å². The number of benzene rings is 1. The quantitative estimate of drug-likeness (QED) is 0.594. The third-order valence-electron chi connectivity index (χ3n) is 7.80. The molecule has 2 bridgehead atoms. The maximum atomic E-state index is 11.8. The van der Waals surface area contributed by atoms with E-state index in [-0.39, 0.29) is 5.91 Å². The molecule has 1 amide bonds. The van der Waals surface area contributed by atoms with E-state index < -0.39 is 0 Å². The maximum absolute atomic E-state index is 11.8. The van der Waals surface area contributed by atoms with E-state index in [4.69, 9.17) is 9.72 Å². The third kappa shape index (κ3) is 3.49. The van der Waals surface area contributed by atoms with Gasteiger partial charge in [0, 0.05) is 39.0 Å². The van der Waals surface area contributed by atoms with Crippen molar-refractivity contribution >= 4 is 22.9 Å². The number of hydrogen-bond acceptors (Lipinski definition) is 5. The van der Waals surface area contributed by atoms with Crippen LogP contribution in [-0.4, -0.2) is 34.0 Å². The molecule has 0 spiro atoms. The van der Waals surface area contributed by atoms with Gasteiger partial charge in [0.1, 0.15) is 17.2 Å². The van der Waals surface area contributed by atoms with Crippen LogP contribution in [0.4, 0.5) is 5.95 Å². The minimum absolute atomic E-state index is 0.245. The molecule has 3 unspecified atom stereocenters. The summed E-state index contributed by atoms with van der Waals surface area (Å²) in [6.45, 7) is 5.85. The molecule has 3 aliphatic rings. The van der Waals surface area contributed by atoms with E-state index in [2.05, 4.69) is 34.0 Å². The Morgan fingerprint density at radius 3 is 2.78 bits per heavy atom. The van der Waals surface area contributed by atoms with E-state index in [1.54, 1.807) is 25.4 Å². The molecule has 7 heteroatoms. The molecular weight excluding hydrogens is 402 g/mol. The first kappa shape index (κ1) is 20.8. The third-order valence-corrected chi connectivity index (χ3v) is 7.80. The number of aromatic nitrogens is 3. The summed E-state index contributed by atoms with van der Waals surface area (Å²) < 4.78 is 8.08. The van der Waals surface area contributed by atoms with Crippen molar-refractivity contribution in [1.29, 1.82) is 0 Å². The lowest BCUT2D eigenvalue weighted by Crippen LogP contribution is -2.53. The second-order valence-electron chi connectivity index (χ2n) is 9.78. The van der Waals surface area contributed by atoms with E-state index in [1.165, 1.54) is 19.3 Å². The van der Waals surface area contributed by atoms with Gasteiger partial charge < -0.3 is 19.9 Å². The van der Waals surface area contributed by atoms with Crippen LogP contribution >= 0.6 is 0 Å². The van der Waals surface area contributed by atoms with Gasteiger partial charge in [-0.15, -0.1) is 0 Å². The molecule has 168 valence electrons. The average Bonchev–Trinajstić information content (AvgIpc) is 3.12. The number of anilines is 1. The van der Waals surface area contributed by atoms with Crippen LogP contribution in [0.25, 0.3) is 11.0 Å². The van der Waals surface area contributed by atoms with Crippen molar-refractivity contribution < 1.29 is 9.53 Å². The summed E-state index contributed by atoms with van der Waals surface area (Å²) in [4.78, 5) is 20.7. The zero-order chi connectivity index (χ0) is 22.5. The molecule has 1 aromatic carbocycles. The summed E-state index contributed by atoms with van der Waals surface area (Å²) in [6, 6.07) is 9.24. The number of amides is 1. The van der Waals surface area contributed by atoms with Gasteiger partial charge in [-0.2, -0.15) is 0 Å². The number of nitrogens with zero attached hydrogens (tertiary/aromatic N) is 3.